The number of nitro groups is 2. The molecule has 0 aromatic heterocycles. The van der Waals surface area contributed by atoms with E-state index in [2.05, 4.69) is 10.2 Å². The summed E-state index contributed by atoms with van der Waals surface area (Å²) in [6.45, 7) is 5.05. The lowest BCUT2D eigenvalue weighted by molar-refractivity contribution is -0.384. The van der Waals surface area contributed by atoms with Crippen LogP contribution in [0.2, 0.25) is 0 Å². The average molecular weight is 460 g/mol. The van der Waals surface area contributed by atoms with E-state index in [1.54, 1.807) is 24.3 Å². The van der Waals surface area contributed by atoms with Crippen LogP contribution in [0.1, 0.15) is 12.8 Å². The molecule has 2 aliphatic rings. The first-order valence-electron chi connectivity index (χ1n) is 10.7. The quantitative estimate of drug-likeness (QED) is 0.299. The van der Waals surface area contributed by atoms with Gasteiger partial charge in [-0.1, -0.05) is 0 Å². The molecule has 0 saturated carbocycles. The van der Waals surface area contributed by atoms with Crippen molar-refractivity contribution in [2.24, 2.45) is 0 Å². The first kappa shape index (κ1) is 24.0. The summed E-state index contributed by atoms with van der Waals surface area (Å²) in [6, 6.07) is 9.56. The lowest BCUT2D eigenvalue weighted by Gasteiger charge is -2.32. The Morgan fingerprint density at radius 2 is 1.39 bits per heavy atom. The van der Waals surface area contributed by atoms with E-state index in [9.17, 15) is 25.3 Å². The van der Waals surface area contributed by atoms with Gasteiger partial charge < -0.3 is 31.7 Å². The standard InChI is InChI=1S/C11H15N3O3.C10H14N4O2/c12-10-6-8(3-4-11(10)14(16)17)13-5-1-2-9(15)7-13;11-9-7-8(1-2-10(9)14(15)16)13-5-3-12-4-6-13/h3-4,6,9,15H,1-2,5,7,12H2;1-2,7,12H,3-6,11H2. The van der Waals surface area contributed by atoms with Gasteiger partial charge in [-0.15, -0.1) is 0 Å². The molecule has 2 aromatic rings. The van der Waals surface area contributed by atoms with Crippen LogP contribution >= 0.6 is 0 Å². The molecule has 1 atom stereocenters. The zero-order chi connectivity index (χ0) is 24.0. The van der Waals surface area contributed by atoms with E-state index in [0.717, 1.165) is 56.9 Å². The fourth-order valence-electron chi connectivity index (χ4n) is 3.92. The van der Waals surface area contributed by atoms with Gasteiger partial charge in [0.2, 0.25) is 0 Å². The summed E-state index contributed by atoms with van der Waals surface area (Å²) < 4.78 is 0. The van der Waals surface area contributed by atoms with Crippen molar-refractivity contribution in [3.05, 3.63) is 56.6 Å². The first-order chi connectivity index (χ1) is 15.8. The van der Waals surface area contributed by atoms with Crippen LogP contribution in [-0.4, -0.2) is 60.3 Å². The van der Waals surface area contributed by atoms with E-state index < -0.39 is 9.85 Å². The third-order valence-electron chi connectivity index (χ3n) is 5.66. The number of anilines is 4. The summed E-state index contributed by atoms with van der Waals surface area (Å²) in [4.78, 5) is 24.4. The molecule has 6 N–H and O–H groups in total. The SMILES string of the molecule is Nc1cc(N2CCCC(O)C2)ccc1[N+](=O)[O-].Nc1cc(N2CCNCC2)ccc1[N+](=O)[O-]. The number of hydrogen-bond acceptors (Lipinski definition) is 10. The molecule has 0 amide bonds. The molecule has 0 spiro atoms. The van der Waals surface area contributed by atoms with E-state index >= 15 is 0 Å². The molecule has 12 heteroatoms. The van der Waals surface area contributed by atoms with Crippen LogP contribution in [0.4, 0.5) is 34.1 Å². The molecule has 12 nitrogen and oxygen atoms in total. The van der Waals surface area contributed by atoms with Gasteiger partial charge in [-0.25, -0.2) is 0 Å². The van der Waals surface area contributed by atoms with Gasteiger partial charge in [-0.2, -0.15) is 0 Å². The lowest BCUT2D eigenvalue weighted by atomic mass is 10.1. The summed E-state index contributed by atoms with van der Waals surface area (Å²) in [5.74, 6) is 0. The Morgan fingerprint density at radius 1 is 0.879 bits per heavy atom. The van der Waals surface area contributed by atoms with Crippen LogP contribution in [0.5, 0.6) is 0 Å². The second-order valence-corrected chi connectivity index (χ2v) is 7.98. The van der Waals surface area contributed by atoms with E-state index in [1.165, 1.54) is 12.1 Å². The zero-order valence-electron chi connectivity index (χ0n) is 18.2. The van der Waals surface area contributed by atoms with Crippen LogP contribution in [0.25, 0.3) is 0 Å². The molecule has 0 bridgehead atoms. The van der Waals surface area contributed by atoms with Gasteiger partial charge in [-0.05, 0) is 37.1 Å². The van der Waals surface area contributed by atoms with Crippen LogP contribution in [0.3, 0.4) is 0 Å². The van der Waals surface area contributed by atoms with Crippen LogP contribution in [0, 0.1) is 20.2 Å². The van der Waals surface area contributed by atoms with Gasteiger partial charge in [0.15, 0.2) is 0 Å². The number of piperidine rings is 1. The van der Waals surface area contributed by atoms with Gasteiger partial charge in [-0.3, -0.25) is 20.2 Å². The highest BCUT2D eigenvalue weighted by Crippen LogP contribution is 2.29. The summed E-state index contributed by atoms with van der Waals surface area (Å²) in [6.07, 6.45) is 1.39. The van der Waals surface area contributed by atoms with Crippen molar-refractivity contribution in [1.29, 1.82) is 0 Å². The molecular formula is C21H29N7O5. The number of aliphatic hydroxyl groups is 1. The highest BCUT2D eigenvalue weighted by atomic mass is 16.6. The Balaban J connectivity index is 0.000000186. The van der Waals surface area contributed by atoms with Crippen molar-refractivity contribution in [2.45, 2.75) is 18.9 Å². The van der Waals surface area contributed by atoms with Gasteiger partial charge >= 0.3 is 0 Å². The smallest absolute Gasteiger partial charge is 0.292 e. The fourth-order valence-corrected chi connectivity index (χ4v) is 3.92. The number of rotatable bonds is 4. The summed E-state index contributed by atoms with van der Waals surface area (Å²) in [5, 5.41) is 34.1. The third-order valence-corrected chi connectivity index (χ3v) is 5.66. The van der Waals surface area contributed by atoms with Gasteiger partial charge in [0.05, 0.1) is 16.0 Å². The minimum atomic E-state index is -0.496. The van der Waals surface area contributed by atoms with Crippen LogP contribution in [0.15, 0.2) is 36.4 Å². The third kappa shape index (κ3) is 6.20. The first-order valence-corrected chi connectivity index (χ1v) is 10.7. The molecule has 2 heterocycles. The number of piperazine rings is 1. The maximum Gasteiger partial charge on any atom is 0.292 e. The topological polar surface area (TPSA) is 177 Å². The molecule has 2 saturated heterocycles. The molecule has 178 valence electrons. The normalized spacial score (nSPS) is 18.3. The van der Waals surface area contributed by atoms with Crippen LogP contribution in [-0.2, 0) is 0 Å². The minimum Gasteiger partial charge on any atom is -0.393 e. The molecule has 0 radical (unpaired) electrons. The minimum absolute atomic E-state index is 0.0288. The number of aliphatic hydroxyl groups excluding tert-OH is 1. The summed E-state index contributed by atoms with van der Waals surface area (Å²) in [5.41, 5.74) is 13.3. The van der Waals surface area contributed by atoms with Crippen molar-refractivity contribution in [2.75, 3.05) is 60.5 Å². The van der Waals surface area contributed by atoms with Crippen molar-refractivity contribution in [1.82, 2.24) is 5.32 Å². The monoisotopic (exact) mass is 459 g/mol. The van der Waals surface area contributed by atoms with Crippen LogP contribution < -0.4 is 26.6 Å². The van der Waals surface area contributed by atoms with E-state index in [1.807, 2.05) is 4.90 Å². The Labute approximate surface area is 191 Å². The Bertz CT molecular complexity index is 997. The largest absolute Gasteiger partial charge is 0.393 e. The number of nitrogens with zero attached hydrogens (tertiary/aromatic N) is 4. The van der Waals surface area contributed by atoms with Gasteiger partial charge in [0, 0.05) is 62.8 Å². The maximum absolute atomic E-state index is 10.6. The summed E-state index contributed by atoms with van der Waals surface area (Å²) in [7, 11) is 0. The highest BCUT2D eigenvalue weighted by molar-refractivity contribution is 5.67. The average Bonchev–Trinajstić information content (AvgIpc) is 2.79. The fraction of sp³-hybridized carbons (Fsp3) is 0.429. The summed E-state index contributed by atoms with van der Waals surface area (Å²) >= 11 is 0. The number of nitrogens with one attached hydrogen (secondary N) is 1. The molecular weight excluding hydrogens is 430 g/mol. The molecule has 2 fully saturated rings. The number of hydrogen-bond donors (Lipinski definition) is 4. The number of nitrogen functional groups attached to an aromatic ring is 2. The predicted octanol–water partition coefficient (Wildman–Crippen LogP) is 1.72. The molecule has 2 aromatic carbocycles. The van der Waals surface area contributed by atoms with Crippen molar-refractivity contribution >= 4 is 34.1 Å². The Hall–Kier alpha value is -3.64. The Kier molecular flexibility index (Phi) is 7.85. The van der Waals surface area contributed by atoms with Crippen molar-refractivity contribution < 1.29 is 15.0 Å². The number of β-amino-alcohol motifs (C(OH)–C–C–N with tert-alkyl or cyclic N) is 1. The molecule has 1 unspecified atom stereocenters. The lowest BCUT2D eigenvalue weighted by Crippen LogP contribution is -2.43. The van der Waals surface area contributed by atoms with Crippen molar-refractivity contribution in [3.63, 3.8) is 0 Å². The van der Waals surface area contributed by atoms with E-state index in [4.69, 9.17) is 11.5 Å². The zero-order valence-corrected chi connectivity index (χ0v) is 18.2. The number of nitrogens with two attached hydrogens (primary N) is 2. The molecule has 0 aliphatic carbocycles. The maximum atomic E-state index is 10.6. The second-order valence-electron chi connectivity index (χ2n) is 7.98. The number of benzene rings is 2. The Morgan fingerprint density at radius 3 is 1.85 bits per heavy atom. The van der Waals surface area contributed by atoms with Crippen molar-refractivity contribution in [3.8, 4) is 0 Å². The predicted molar refractivity (Wildman–Crippen MR) is 128 cm³/mol. The number of nitro benzene ring substituents is 2. The molecule has 2 aliphatic heterocycles. The molecule has 4 rings (SSSR count). The van der Waals surface area contributed by atoms with E-state index in [-0.39, 0.29) is 28.9 Å². The second kappa shape index (κ2) is 10.8. The van der Waals surface area contributed by atoms with Gasteiger partial charge in [0.25, 0.3) is 11.4 Å². The van der Waals surface area contributed by atoms with E-state index in [0.29, 0.717) is 6.54 Å². The molecule has 33 heavy (non-hydrogen) atoms. The highest BCUT2D eigenvalue weighted by Gasteiger charge is 2.20. The van der Waals surface area contributed by atoms with Gasteiger partial charge in [0.1, 0.15) is 11.4 Å².